The zero-order valence-electron chi connectivity index (χ0n) is 13.6. The molecule has 0 aliphatic heterocycles. The molecule has 6 nitrogen and oxygen atoms in total. The van der Waals surface area contributed by atoms with E-state index in [-0.39, 0.29) is 23.8 Å². The molecule has 1 heterocycles. The van der Waals surface area contributed by atoms with Gasteiger partial charge in [0.05, 0.1) is 22.4 Å². The number of thiophene rings is 1. The number of carbonyl (C=O) groups excluding carboxylic acids is 1. The van der Waals surface area contributed by atoms with Crippen LogP contribution in [0.3, 0.4) is 0 Å². The molecule has 2 rings (SSSR count). The molecular formula is C16H19ClN2O4S2. The van der Waals surface area contributed by atoms with Crippen molar-refractivity contribution in [3.05, 3.63) is 45.6 Å². The Hall–Kier alpha value is -1.61. The van der Waals surface area contributed by atoms with Crippen molar-refractivity contribution < 1.29 is 17.9 Å². The molecule has 0 unspecified atom stereocenters. The Morgan fingerprint density at radius 3 is 2.52 bits per heavy atom. The number of ether oxygens (including phenoxy) is 1. The van der Waals surface area contributed by atoms with Crippen molar-refractivity contribution in [2.45, 2.75) is 24.8 Å². The second kappa shape index (κ2) is 9.19. The summed E-state index contributed by atoms with van der Waals surface area (Å²) >= 11 is 7.20. The average molecular weight is 403 g/mol. The van der Waals surface area contributed by atoms with Crippen LogP contribution in [0.15, 0.2) is 41.3 Å². The maximum atomic E-state index is 12.2. The van der Waals surface area contributed by atoms with E-state index in [1.165, 1.54) is 23.5 Å². The monoisotopic (exact) mass is 402 g/mol. The van der Waals surface area contributed by atoms with E-state index < -0.39 is 10.0 Å². The maximum Gasteiger partial charge on any atom is 0.240 e. The number of halogens is 1. The molecule has 0 fully saturated rings. The van der Waals surface area contributed by atoms with Crippen LogP contribution in [0.2, 0.25) is 4.34 Å². The molecule has 0 bridgehead atoms. The summed E-state index contributed by atoms with van der Waals surface area (Å²) in [6, 6.07) is 9.72. The highest BCUT2D eigenvalue weighted by molar-refractivity contribution is 7.89. The summed E-state index contributed by atoms with van der Waals surface area (Å²) in [6.45, 7) is 2.76. The lowest BCUT2D eigenvalue weighted by atomic mass is 10.3. The van der Waals surface area contributed by atoms with Crippen LogP contribution in [-0.4, -0.2) is 27.5 Å². The first-order valence-electron chi connectivity index (χ1n) is 7.64. The smallest absolute Gasteiger partial charge is 0.240 e. The molecule has 1 aromatic heterocycles. The van der Waals surface area contributed by atoms with Crippen molar-refractivity contribution in [3.8, 4) is 5.75 Å². The van der Waals surface area contributed by atoms with E-state index in [4.69, 9.17) is 16.3 Å². The Kier molecular flexibility index (Phi) is 7.24. The fourth-order valence-corrected chi connectivity index (χ4v) is 4.04. The number of benzene rings is 1. The molecule has 25 heavy (non-hydrogen) atoms. The third kappa shape index (κ3) is 6.32. The topological polar surface area (TPSA) is 84.5 Å². The van der Waals surface area contributed by atoms with E-state index >= 15 is 0 Å². The van der Waals surface area contributed by atoms with Crippen molar-refractivity contribution in [1.82, 2.24) is 10.0 Å². The molecule has 0 aliphatic carbocycles. The molecule has 0 radical (unpaired) electrons. The van der Waals surface area contributed by atoms with Gasteiger partial charge in [-0.15, -0.1) is 11.3 Å². The summed E-state index contributed by atoms with van der Waals surface area (Å²) in [5.74, 6) is 0.369. The van der Waals surface area contributed by atoms with E-state index in [1.54, 1.807) is 18.2 Å². The molecule has 0 saturated carbocycles. The Morgan fingerprint density at radius 1 is 1.20 bits per heavy atom. The van der Waals surface area contributed by atoms with E-state index in [2.05, 4.69) is 10.0 Å². The Bertz CT molecular complexity index is 804. The first-order chi connectivity index (χ1) is 11.9. The summed E-state index contributed by atoms with van der Waals surface area (Å²) in [5, 5.41) is 2.72. The van der Waals surface area contributed by atoms with Gasteiger partial charge in [-0.1, -0.05) is 11.6 Å². The number of sulfonamides is 1. The van der Waals surface area contributed by atoms with Gasteiger partial charge in [0, 0.05) is 17.8 Å². The predicted molar refractivity (Wildman–Crippen MR) is 98.6 cm³/mol. The lowest BCUT2D eigenvalue weighted by Crippen LogP contribution is -2.30. The van der Waals surface area contributed by atoms with Gasteiger partial charge >= 0.3 is 0 Å². The van der Waals surface area contributed by atoms with Crippen LogP contribution in [0, 0.1) is 0 Å². The van der Waals surface area contributed by atoms with Crippen molar-refractivity contribution in [2.24, 2.45) is 0 Å². The normalized spacial score (nSPS) is 11.3. The highest BCUT2D eigenvalue weighted by atomic mass is 35.5. The van der Waals surface area contributed by atoms with Gasteiger partial charge in [0.15, 0.2) is 0 Å². The van der Waals surface area contributed by atoms with Gasteiger partial charge in [-0.05, 0) is 43.3 Å². The lowest BCUT2D eigenvalue weighted by molar-refractivity contribution is -0.121. The minimum atomic E-state index is -3.65. The lowest BCUT2D eigenvalue weighted by Gasteiger charge is -2.08. The average Bonchev–Trinajstić information content (AvgIpc) is 2.99. The van der Waals surface area contributed by atoms with Crippen LogP contribution < -0.4 is 14.8 Å². The van der Waals surface area contributed by atoms with Crippen molar-refractivity contribution in [2.75, 3.05) is 13.2 Å². The molecule has 0 atom stereocenters. The highest BCUT2D eigenvalue weighted by Crippen LogP contribution is 2.21. The Labute approximate surface area is 156 Å². The standard InChI is InChI=1S/C16H19ClN2O4S2/c1-2-23-12-3-6-14(7-4-12)25(21,22)19-10-9-16(20)18-11-13-5-8-15(17)24-13/h3-8,19H,2,9-11H2,1H3,(H,18,20). The van der Waals surface area contributed by atoms with Gasteiger partial charge in [-0.2, -0.15) is 0 Å². The predicted octanol–water partition coefficient (Wildman–Crippen LogP) is 2.79. The number of hydrogen-bond acceptors (Lipinski definition) is 5. The maximum absolute atomic E-state index is 12.2. The van der Waals surface area contributed by atoms with Gasteiger partial charge in [-0.25, -0.2) is 13.1 Å². The summed E-state index contributed by atoms with van der Waals surface area (Å²) in [7, 11) is -3.65. The molecule has 1 amide bonds. The SMILES string of the molecule is CCOc1ccc(S(=O)(=O)NCCC(=O)NCc2ccc(Cl)s2)cc1. The Morgan fingerprint density at radius 2 is 1.92 bits per heavy atom. The van der Waals surface area contributed by atoms with Crippen molar-refractivity contribution >= 4 is 38.9 Å². The van der Waals surface area contributed by atoms with Crippen molar-refractivity contribution in [3.63, 3.8) is 0 Å². The van der Waals surface area contributed by atoms with Gasteiger partial charge in [0.2, 0.25) is 15.9 Å². The third-order valence-electron chi connectivity index (χ3n) is 3.18. The fourth-order valence-electron chi connectivity index (χ4n) is 1.98. The molecule has 0 saturated heterocycles. The molecule has 2 N–H and O–H groups in total. The number of rotatable bonds is 9. The van der Waals surface area contributed by atoms with Crippen LogP contribution in [0.5, 0.6) is 5.75 Å². The zero-order valence-corrected chi connectivity index (χ0v) is 16.0. The summed E-state index contributed by atoms with van der Waals surface area (Å²) < 4.78 is 32.7. The van der Waals surface area contributed by atoms with Gasteiger partial charge in [0.1, 0.15) is 5.75 Å². The molecule has 9 heteroatoms. The van der Waals surface area contributed by atoms with Gasteiger partial charge < -0.3 is 10.1 Å². The van der Waals surface area contributed by atoms with E-state index in [0.29, 0.717) is 23.2 Å². The second-order valence-corrected chi connectivity index (χ2v) is 8.60. The van der Waals surface area contributed by atoms with Gasteiger partial charge in [0.25, 0.3) is 0 Å². The van der Waals surface area contributed by atoms with Crippen LogP contribution in [-0.2, 0) is 21.4 Å². The summed E-state index contributed by atoms with van der Waals surface area (Å²) in [4.78, 5) is 12.8. The summed E-state index contributed by atoms with van der Waals surface area (Å²) in [5.41, 5.74) is 0. The van der Waals surface area contributed by atoms with E-state index in [9.17, 15) is 13.2 Å². The molecule has 0 spiro atoms. The number of nitrogens with one attached hydrogen (secondary N) is 2. The molecule has 1 aromatic carbocycles. The van der Waals surface area contributed by atoms with Crippen LogP contribution in [0.4, 0.5) is 0 Å². The number of amides is 1. The first kappa shape index (κ1) is 19.7. The first-order valence-corrected chi connectivity index (χ1v) is 10.3. The molecule has 2 aromatic rings. The van der Waals surface area contributed by atoms with Crippen molar-refractivity contribution in [1.29, 1.82) is 0 Å². The second-order valence-electron chi connectivity index (χ2n) is 5.03. The highest BCUT2D eigenvalue weighted by Gasteiger charge is 2.14. The zero-order chi connectivity index (χ0) is 18.3. The van der Waals surface area contributed by atoms with E-state index in [0.717, 1.165) is 4.88 Å². The molecule has 0 aliphatic rings. The number of hydrogen-bond donors (Lipinski definition) is 2. The van der Waals surface area contributed by atoms with Crippen LogP contribution >= 0.6 is 22.9 Å². The summed E-state index contributed by atoms with van der Waals surface area (Å²) in [6.07, 6.45) is 0.0510. The molecule has 136 valence electrons. The van der Waals surface area contributed by atoms with Crippen LogP contribution in [0.25, 0.3) is 0 Å². The quantitative estimate of drug-likeness (QED) is 0.675. The van der Waals surface area contributed by atoms with Crippen LogP contribution in [0.1, 0.15) is 18.2 Å². The van der Waals surface area contributed by atoms with Gasteiger partial charge in [-0.3, -0.25) is 4.79 Å². The minimum absolute atomic E-state index is 0.0204. The Balaban J connectivity index is 1.78. The number of carbonyl (C=O) groups is 1. The fraction of sp³-hybridized carbons (Fsp3) is 0.312. The van der Waals surface area contributed by atoms with E-state index in [1.807, 2.05) is 13.0 Å². The minimum Gasteiger partial charge on any atom is -0.494 e. The third-order valence-corrected chi connectivity index (χ3v) is 5.89. The largest absolute Gasteiger partial charge is 0.494 e. The molecular weight excluding hydrogens is 384 g/mol.